The average Bonchev–Trinajstić information content (AvgIpc) is 2.58. The van der Waals surface area contributed by atoms with Crippen LogP contribution in [-0.2, 0) is 22.4 Å². The molecule has 0 radical (unpaired) electrons. The summed E-state index contributed by atoms with van der Waals surface area (Å²) in [7, 11) is 0. The van der Waals surface area contributed by atoms with E-state index in [9.17, 15) is 18.4 Å². The Labute approximate surface area is 144 Å². The number of benzene rings is 2. The predicted molar refractivity (Wildman–Crippen MR) is 89.0 cm³/mol. The van der Waals surface area contributed by atoms with Crippen molar-refractivity contribution in [3.05, 3.63) is 71.3 Å². The summed E-state index contributed by atoms with van der Waals surface area (Å²) in [4.78, 5) is 23.0. The maximum Gasteiger partial charge on any atom is 0.303 e. The predicted octanol–water partition coefficient (Wildman–Crippen LogP) is 3.10. The van der Waals surface area contributed by atoms with E-state index in [1.807, 2.05) is 30.3 Å². The number of hydrogen-bond donors (Lipinski definition) is 2. The molecule has 2 aromatic carbocycles. The van der Waals surface area contributed by atoms with Gasteiger partial charge >= 0.3 is 5.97 Å². The first-order chi connectivity index (χ1) is 12.0. The van der Waals surface area contributed by atoms with Crippen LogP contribution in [0.3, 0.4) is 0 Å². The molecule has 0 heterocycles. The Morgan fingerprint density at radius 3 is 2.44 bits per heavy atom. The van der Waals surface area contributed by atoms with Crippen molar-refractivity contribution in [1.29, 1.82) is 0 Å². The first-order valence-corrected chi connectivity index (χ1v) is 7.93. The van der Waals surface area contributed by atoms with Crippen LogP contribution in [0.25, 0.3) is 0 Å². The Kier molecular flexibility index (Phi) is 6.62. The van der Waals surface area contributed by atoms with Crippen LogP contribution < -0.4 is 5.32 Å². The van der Waals surface area contributed by atoms with Gasteiger partial charge < -0.3 is 10.4 Å². The van der Waals surface area contributed by atoms with Gasteiger partial charge in [-0.15, -0.1) is 0 Å². The van der Waals surface area contributed by atoms with Gasteiger partial charge in [-0.3, -0.25) is 9.59 Å². The molecule has 1 unspecified atom stereocenters. The number of rotatable bonds is 8. The van der Waals surface area contributed by atoms with Crippen molar-refractivity contribution in [3.8, 4) is 0 Å². The van der Waals surface area contributed by atoms with E-state index in [0.717, 1.165) is 11.6 Å². The normalized spacial score (nSPS) is 11.8. The zero-order valence-electron chi connectivity index (χ0n) is 13.5. The molecule has 132 valence electrons. The van der Waals surface area contributed by atoms with Crippen LogP contribution in [0, 0.1) is 11.6 Å². The second-order valence-electron chi connectivity index (χ2n) is 5.78. The number of carbonyl (C=O) groups excluding carboxylic acids is 1. The maximum atomic E-state index is 13.7. The third kappa shape index (κ3) is 5.99. The number of hydrogen-bond acceptors (Lipinski definition) is 2. The van der Waals surface area contributed by atoms with Gasteiger partial charge in [0.25, 0.3) is 0 Å². The number of carboxylic acids is 1. The number of carboxylic acid groups (broad SMARTS) is 1. The standard InChI is InChI=1S/C19H19F2NO3/c20-16-8-4-7-14(19(16)21)12-17(23)22-15(9-10-18(24)25)11-13-5-2-1-3-6-13/h1-8,15H,9-12H2,(H,22,23)(H,24,25). The SMILES string of the molecule is O=C(O)CCC(Cc1ccccc1)NC(=O)Cc1cccc(F)c1F. The van der Waals surface area contributed by atoms with Crippen molar-refractivity contribution in [3.63, 3.8) is 0 Å². The molecule has 6 heteroatoms. The number of nitrogens with one attached hydrogen (secondary N) is 1. The Morgan fingerprint density at radius 2 is 1.76 bits per heavy atom. The molecule has 2 N–H and O–H groups in total. The van der Waals surface area contributed by atoms with E-state index in [1.54, 1.807) is 0 Å². The Bertz CT molecular complexity index is 735. The number of carbonyl (C=O) groups is 2. The Hall–Kier alpha value is -2.76. The minimum atomic E-state index is -1.04. The van der Waals surface area contributed by atoms with E-state index in [0.29, 0.717) is 6.42 Å². The summed E-state index contributed by atoms with van der Waals surface area (Å²) in [6, 6.07) is 12.6. The molecule has 0 aliphatic rings. The van der Waals surface area contributed by atoms with Gasteiger partial charge in [0.05, 0.1) is 6.42 Å². The largest absolute Gasteiger partial charge is 0.481 e. The molecule has 2 rings (SSSR count). The lowest BCUT2D eigenvalue weighted by Crippen LogP contribution is -2.38. The molecule has 0 aliphatic carbocycles. The summed E-state index contributed by atoms with van der Waals surface area (Å²) in [5.74, 6) is -3.47. The first-order valence-electron chi connectivity index (χ1n) is 7.93. The van der Waals surface area contributed by atoms with Crippen molar-refractivity contribution < 1.29 is 23.5 Å². The van der Waals surface area contributed by atoms with Gasteiger partial charge in [-0.1, -0.05) is 42.5 Å². The summed E-state index contributed by atoms with van der Waals surface area (Å²) in [5.41, 5.74) is 0.921. The van der Waals surface area contributed by atoms with Crippen molar-refractivity contribution in [1.82, 2.24) is 5.32 Å². The van der Waals surface area contributed by atoms with Crippen LogP contribution in [0.5, 0.6) is 0 Å². The molecule has 0 fully saturated rings. The molecule has 0 bridgehead atoms. The molecule has 4 nitrogen and oxygen atoms in total. The highest BCUT2D eigenvalue weighted by Crippen LogP contribution is 2.13. The van der Waals surface area contributed by atoms with Crippen molar-refractivity contribution in [2.24, 2.45) is 0 Å². The molecule has 2 aromatic rings. The van der Waals surface area contributed by atoms with E-state index in [-0.39, 0.29) is 24.8 Å². The average molecular weight is 347 g/mol. The Morgan fingerprint density at radius 1 is 1.04 bits per heavy atom. The smallest absolute Gasteiger partial charge is 0.303 e. The van der Waals surface area contributed by atoms with Gasteiger partial charge in [0.2, 0.25) is 5.91 Å². The van der Waals surface area contributed by atoms with Gasteiger partial charge in [-0.05, 0) is 24.5 Å². The van der Waals surface area contributed by atoms with E-state index < -0.39 is 29.6 Å². The number of halogens is 2. The molecule has 1 amide bonds. The van der Waals surface area contributed by atoms with Gasteiger partial charge in [-0.25, -0.2) is 8.78 Å². The highest BCUT2D eigenvalue weighted by Gasteiger charge is 2.17. The van der Waals surface area contributed by atoms with Gasteiger partial charge in [0.1, 0.15) is 0 Å². The molecule has 0 saturated heterocycles. The molecule has 0 aromatic heterocycles. The van der Waals surface area contributed by atoms with Crippen molar-refractivity contribution >= 4 is 11.9 Å². The summed E-state index contributed by atoms with van der Waals surface area (Å²) in [6.07, 6.45) is 0.321. The van der Waals surface area contributed by atoms with E-state index in [4.69, 9.17) is 5.11 Å². The van der Waals surface area contributed by atoms with E-state index >= 15 is 0 Å². The molecule has 25 heavy (non-hydrogen) atoms. The monoisotopic (exact) mass is 347 g/mol. The van der Waals surface area contributed by atoms with Gasteiger partial charge in [0, 0.05) is 18.0 Å². The quantitative estimate of drug-likeness (QED) is 0.771. The molecule has 0 aliphatic heterocycles. The zero-order chi connectivity index (χ0) is 18.2. The first kappa shape index (κ1) is 18.6. The van der Waals surface area contributed by atoms with Crippen LogP contribution in [0.4, 0.5) is 8.78 Å². The van der Waals surface area contributed by atoms with Crippen molar-refractivity contribution in [2.45, 2.75) is 31.7 Å². The van der Waals surface area contributed by atoms with Crippen molar-refractivity contribution in [2.75, 3.05) is 0 Å². The third-order valence-corrected chi connectivity index (χ3v) is 3.78. The zero-order valence-corrected chi connectivity index (χ0v) is 13.5. The maximum absolute atomic E-state index is 13.7. The number of aliphatic carboxylic acids is 1. The summed E-state index contributed by atoms with van der Waals surface area (Å²) in [5, 5.41) is 11.6. The van der Waals surface area contributed by atoms with Crippen LogP contribution in [0.1, 0.15) is 24.0 Å². The summed E-state index contributed by atoms with van der Waals surface area (Å²) < 4.78 is 26.9. The highest BCUT2D eigenvalue weighted by molar-refractivity contribution is 5.79. The Balaban J connectivity index is 2.02. The van der Waals surface area contributed by atoms with Crippen LogP contribution in [-0.4, -0.2) is 23.0 Å². The fraction of sp³-hybridized carbons (Fsp3) is 0.263. The van der Waals surface area contributed by atoms with E-state index in [2.05, 4.69) is 5.32 Å². The second-order valence-corrected chi connectivity index (χ2v) is 5.78. The lowest BCUT2D eigenvalue weighted by atomic mass is 10.0. The second kappa shape index (κ2) is 8.92. The van der Waals surface area contributed by atoms with Crippen LogP contribution in [0.2, 0.25) is 0 Å². The minimum Gasteiger partial charge on any atom is -0.481 e. The lowest BCUT2D eigenvalue weighted by molar-refractivity contribution is -0.137. The fourth-order valence-electron chi connectivity index (χ4n) is 2.56. The summed E-state index contributed by atoms with van der Waals surface area (Å²) >= 11 is 0. The molecule has 0 saturated carbocycles. The lowest BCUT2D eigenvalue weighted by Gasteiger charge is -2.18. The molecule has 0 spiro atoms. The molecular weight excluding hydrogens is 328 g/mol. The highest BCUT2D eigenvalue weighted by atomic mass is 19.2. The van der Waals surface area contributed by atoms with Gasteiger partial charge in [-0.2, -0.15) is 0 Å². The summed E-state index contributed by atoms with van der Waals surface area (Å²) in [6.45, 7) is 0. The van der Waals surface area contributed by atoms with E-state index in [1.165, 1.54) is 12.1 Å². The van der Waals surface area contributed by atoms with Crippen LogP contribution >= 0.6 is 0 Å². The minimum absolute atomic E-state index is 0.0332. The topological polar surface area (TPSA) is 66.4 Å². The number of amides is 1. The third-order valence-electron chi connectivity index (χ3n) is 3.78. The fourth-order valence-corrected chi connectivity index (χ4v) is 2.56. The van der Waals surface area contributed by atoms with Crippen LogP contribution in [0.15, 0.2) is 48.5 Å². The molecular formula is C19H19F2NO3. The van der Waals surface area contributed by atoms with Gasteiger partial charge in [0.15, 0.2) is 11.6 Å². The molecule has 1 atom stereocenters.